The van der Waals surface area contributed by atoms with E-state index in [-0.39, 0.29) is 0 Å². The van der Waals surface area contributed by atoms with Gasteiger partial charge in [0.25, 0.3) is 0 Å². The van der Waals surface area contributed by atoms with Gasteiger partial charge < -0.3 is 10.5 Å². The lowest BCUT2D eigenvalue weighted by molar-refractivity contribution is 0.131. The van der Waals surface area contributed by atoms with Crippen molar-refractivity contribution in [2.45, 2.75) is 10.8 Å². The van der Waals surface area contributed by atoms with Gasteiger partial charge in [0, 0.05) is 23.1 Å². The molecule has 1 aliphatic rings. The first-order chi connectivity index (χ1) is 6.92. The molecule has 14 heavy (non-hydrogen) atoms. The number of thioether (sulfide) groups is 1. The van der Waals surface area contributed by atoms with E-state index < -0.39 is 0 Å². The molecule has 0 bridgehead atoms. The summed E-state index contributed by atoms with van der Waals surface area (Å²) < 4.78 is 5.49. The first-order valence-corrected chi connectivity index (χ1v) is 5.90. The van der Waals surface area contributed by atoms with Crippen molar-refractivity contribution >= 4 is 11.8 Å². The van der Waals surface area contributed by atoms with Crippen LogP contribution in [0, 0.1) is 0 Å². The Labute approximate surface area is 88.8 Å². The predicted octanol–water partition coefficient (Wildman–Crippen LogP) is 1.85. The van der Waals surface area contributed by atoms with Gasteiger partial charge in [-0.2, -0.15) is 0 Å². The Morgan fingerprint density at radius 2 is 2.29 bits per heavy atom. The Morgan fingerprint density at radius 1 is 1.43 bits per heavy atom. The van der Waals surface area contributed by atoms with E-state index in [1.165, 1.54) is 10.5 Å². The number of hydrogen-bond donors (Lipinski definition) is 1. The van der Waals surface area contributed by atoms with E-state index >= 15 is 0 Å². The van der Waals surface area contributed by atoms with Gasteiger partial charge in [-0.1, -0.05) is 18.2 Å². The van der Waals surface area contributed by atoms with E-state index in [0.29, 0.717) is 19.1 Å². The first-order valence-electron chi connectivity index (χ1n) is 4.91. The molecule has 76 valence electrons. The van der Waals surface area contributed by atoms with Gasteiger partial charge in [0.1, 0.15) is 0 Å². The smallest absolute Gasteiger partial charge is 0.0589 e. The van der Waals surface area contributed by atoms with Crippen LogP contribution in [0.3, 0.4) is 0 Å². The van der Waals surface area contributed by atoms with E-state index in [1.807, 2.05) is 11.8 Å². The van der Waals surface area contributed by atoms with Crippen molar-refractivity contribution < 1.29 is 4.74 Å². The van der Waals surface area contributed by atoms with Crippen molar-refractivity contribution in [1.82, 2.24) is 0 Å². The molecule has 2 nitrogen and oxygen atoms in total. The summed E-state index contributed by atoms with van der Waals surface area (Å²) in [6, 6.07) is 8.57. The second kappa shape index (κ2) is 4.82. The average molecular weight is 209 g/mol. The van der Waals surface area contributed by atoms with Crippen molar-refractivity contribution in [1.29, 1.82) is 0 Å². The molecule has 0 amide bonds. The molecule has 1 aliphatic heterocycles. The van der Waals surface area contributed by atoms with E-state index in [0.717, 1.165) is 12.4 Å². The summed E-state index contributed by atoms with van der Waals surface area (Å²) in [6.45, 7) is 2.09. The van der Waals surface area contributed by atoms with Crippen molar-refractivity contribution in [3.63, 3.8) is 0 Å². The maximum absolute atomic E-state index is 5.49. The van der Waals surface area contributed by atoms with Gasteiger partial charge >= 0.3 is 0 Å². The van der Waals surface area contributed by atoms with Crippen molar-refractivity contribution in [2.24, 2.45) is 5.73 Å². The average Bonchev–Trinajstić information content (AvgIpc) is 2.63. The minimum Gasteiger partial charge on any atom is -0.379 e. The van der Waals surface area contributed by atoms with Crippen molar-refractivity contribution in [3.05, 3.63) is 29.8 Å². The van der Waals surface area contributed by atoms with E-state index in [9.17, 15) is 0 Å². The lowest BCUT2D eigenvalue weighted by atomic mass is 10.0. The Bertz CT molecular complexity index is 303. The molecule has 0 radical (unpaired) electrons. The SMILES string of the molecule is NCCOCC1CSc2ccccc21. The lowest BCUT2D eigenvalue weighted by Crippen LogP contribution is -2.13. The normalized spacial score (nSPS) is 19.6. The van der Waals surface area contributed by atoms with Gasteiger partial charge in [0.15, 0.2) is 0 Å². The second-order valence-electron chi connectivity index (χ2n) is 3.41. The molecule has 0 fully saturated rings. The standard InChI is InChI=1S/C11H15NOS/c12-5-6-13-7-9-8-14-11-4-2-1-3-10(9)11/h1-4,9H,5-8,12H2. The minimum atomic E-state index is 0.558. The Kier molecular flexibility index (Phi) is 3.45. The largest absolute Gasteiger partial charge is 0.379 e. The highest BCUT2D eigenvalue weighted by atomic mass is 32.2. The highest BCUT2D eigenvalue weighted by Crippen LogP contribution is 2.39. The molecule has 1 unspecified atom stereocenters. The lowest BCUT2D eigenvalue weighted by Gasteiger charge is -2.10. The zero-order valence-electron chi connectivity index (χ0n) is 8.11. The fourth-order valence-electron chi connectivity index (χ4n) is 1.68. The summed E-state index contributed by atoms with van der Waals surface area (Å²) in [5.74, 6) is 1.70. The number of fused-ring (bicyclic) bond motifs is 1. The number of benzene rings is 1. The summed E-state index contributed by atoms with van der Waals surface area (Å²) in [4.78, 5) is 1.41. The Morgan fingerprint density at radius 3 is 3.14 bits per heavy atom. The van der Waals surface area contributed by atoms with E-state index in [2.05, 4.69) is 24.3 Å². The molecule has 0 aromatic heterocycles. The van der Waals surface area contributed by atoms with Crippen LogP contribution in [0.1, 0.15) is 11.5 Å². The van der Waals surface area contributed by atoms with Crippen LogP contribution >= 0.6 is 11.8 Å². The molecule has 1 aromatic carbocycles. The molecule has 1 heterocycles. The number of nitrogens with two attached hydrogens (primary N) is 1. The molecule has 0 spiro atoms. The molecule has 0 aliphatic carbocycles. The summed E-state index contributed by atoms with van der Waals surface area (Å²) in [6.07, 6.45) is 0. The molecular formula is C11H15NOS. The maximum atomic E-state index is 5.49. The zero-order chi connectivity index (χ0) is 9.80. The van der Waals surface area contributed by atoms with Crippen LogP contribution < -0.4 is 5.73 Å². The fourth-order valence-corrected chi connectivity index (χ4v) is 2.91. The number of hydrogen-bond acceptors (Lipinski definition) is 3. The zero-order valence-corrected chi connectivity index (χ0v) is 8.93. The molecular weight excluding hydrogens is 194 g/mol. The number of rotatable bonds is 4. The molecule has 0 saturated heterocycles. The van der Waals surface area contributed by atoms with Crippen LogP contribution in [0.15, 0.2) is 29.2 Å². The molecule has 1 aromatic rings. The van der Waals surface area contributed by atoms with Crippen molar-refractivity contribution in [2.75, 3.05) is 25.5 Å². The molecule has 0 saturated carbocycles. The molecule has 1 atom stereocenters. The van der Waals surface area contributed by atoms with Gasteiger partial charge in [0.2, 0.25) is 0 Å². The molecule has 3 heteroatoms. The van der Waals surface area contributed by atoms with Gasteiger partial charge in [0.05, 0.1) is 13.2 Å². The first kappa shape index (κ1) is 10.0. The van der Waals surface area contributed by atoms with Gasteiger partial charge in [-0.25, -0.2) is 0 Å². The third kappa shape index (κ3) is 2.11. The number of ether oxygens (including phenoxy) is 1. The summed E-state index contributed by atoms with van der Waals surface area (Å²) in [5, 5.41) is 0. The van der Waals surface area contributed by atoms with Crippen LogP contribution in [-0.4, -0.2) is 25.5 Å². The van der Waals surface area contributed by atoms with Gasteiger partial charge in [-0.15, -0.1) is 11.8 Å². The van der Waals surface area contributed by atoms with E-state index in [4.69, 9.17) is 10.5 Å². The van der Waals surface area contributed by atoms with Gasteiger partial charge in [-0.05, 0) is 11.6 Å². The van der Waals surface area contributed by atoms with Crippen LogP contribution in [0.2, 0.25) is 0 Å². The quantitative estimate of drug-likeness (QED) is 0.769. The second-order valence-corrected chi connectivity index (χ2v) is 4.47. The highest BCUT2D eigenvalue weighted by molar-refractivity contribution is 7.99. The van der Waals surface area contributed by atoms with Crippen molar-refractivity contribution in [3.8, 4) is 0 Å². The topological polar surface area (TPSA) is 35.2 Å². The molecule has 2 N–H and O–H groups in total. The predicted molar refractivity (Wildman–Crippen MR) is 59.8 cm³/mol. The van der Waals surface area contributed by atoms with Gasteiger partial charge in [-0.3, -0.25) is 0 Å². The highest BCUT2D eigenvalue weighted by Gasteiger charge is 2.22. The monoisotopic (exact) mass is 209 g/mol. The third-order valence-electron chi connectivity index (χ3n) is 2.38. The third-order valence-corrected chi connectivity index (χ3v) is 3.63. The van der Waals surface area contributed by atoms with Crippen LogP contribution in [-0.2, 0) is 4.74 Å². The summed E-state index contributed by atoms with van der Waals surface area (Å²) >= 11 is 1.92. The van der Waals surface area contributed by atoms with E-state index in [1.54, 1.807) is 0 Å². The Balaban J connectivity index is 1.96. The fraction of sp³-hybridized carbons (Fsp3) is 0.455. The summed E-state index contributed by atoms with van der Waals surface area (Å²) in [7, 11) is 0. The van der Waals surface area contributed by atoms with Crippen LogP contribution in [0.5, 0.6) is 0 Å². The van der Waals surface area contributed by atoms with Crippen LogP contribution in [0.25, 0.3) is 0 Å². The minimum absolute atomic E-state index is 0.558. The summed E-state index contributed by atoms with van der Waals surface area (Å²) in [5.41, 5.74) is 6.82. The van der Waals surface area contributed by atoms with Crippen LogP contribution in [0.4, 0.5) is 0 Å². The Hall–Kier alpha value is -0.510. The molecule has 2 rings (SSSR count). The maximum Gasteiger partial charge on any atom is 0.0589 e.